The van der Waals surface area contributed by atoms with Crippen LogP contribution in [0.2, 0.25) is 0 Å². The van der Waals surface area contributed by atoms with Crippen LogP contribution in [-0.4, -0.2) is 22.2 Å². The lowest BCUT2D eigenvalue weighted by molar-refractivity contribution is 0.0956. The number of hydrogen-bond acceptors (Lipinski definition) is 4. The van der Waals surface area contributed by atoms with Crippen molar-refractivity contribution in [3.8, 4) is 0 Å². The van der Waals surface area contributed by atoms with Crippen molar-refractivity contribution in [3.63, 3.8) is 0 Å². The molecule has 96 valence electrons. The van der Waals surface area contributed by atoms with Crippen molar-refractivity contribution in [2.75, 3.05) is 12.3 Å². The summed E-state index contributed by atoms with van der Waals surface area (Å²) in [6, 6.07) is 1.72. The number of nitrogen functional groups attached to an aromatic ring is 1. The van der Waals surface area contributed by atoms with E-state index in [1.165, 1.54) is 11.3 Å². The van der Waals surface area contributed by atoms with Gasteiger partial charge < -0.3 is 11.1 Å². The maximum Gasteiger partial charge on any atom is 0.261 e. The Bertz CT molecular complexity index is 539. The van der Waals surface area contributed by atoms with Gasteiger partial charge >= 0.3 is 0 Å². The lowest BCUT2D eigenvalue weighted by Crippen LogP contribution is -2.26. The Morgan fingerprint density at radius 2 is 2.33 bits per heavy atom. The van der Waals surface area contributed by atoms with E-state index in [1.54, 1.807) is 12.3 Å². The number of carbonyl (C=O) groups excluding carboxylic acids is 1. The Morgan fingerprint density at radius 1 is 1.56 bits per heavy atom. The number of amides is 1. The fourth-order valence-electron chi connectivity index (χ4n) is 1.57. The molecule has 6 heteroatoms. The lowest BCUT2D eigenvalue weighted by Gasteiger charge is -2.03. The standard InChI is InChI=1S/C12H16N4OS/c1-8-6-15-16(7-8)4-3-14-12(17)11-5-10(13)9(2)18-11/h5-7H,3-4,13H2,1-2H3,(H,14,17). The molecule has 1 amide bonds. The average Bonchev–Trinajstić information content (AvgIpc) is 2.87. The molecule has 2 rings (SSSR count). The SMILES string of the molecule is Cc1cnn(CCNC(=O)c2cc(N)c(C)s2)c1. The number of carbonyl (C=O) groups is 1. The number of nitrogens with one attached hydrogen (secondary N) is 1. The van der Waals surface area contributed by atoms with Gasteiger partial charge in [-0.25, -0.2) is 0 Å². The zero-order valence-electron chi connectivity index (χ0n) is 10.4. The molecule has 0 unspecified atom stereocenters. The van der Waals surface area contributed by atoms with Gasteiger partial charge in [-0.3, -0.25) is 9.48 Å². The number of nitrogens with two attached hydrogens (primary N) is 1. The fraction of sp³-hybridized carbons (Fsp3) is 0.333. The van der Waals surface area contributed by atoms with Crippen LogP contribution in [0.4, 0.5) is 5.69 Å². The Kier molecular flexibility index (Phi) is 3.66. The second kappa shape index (κ2) is 5.22. The van der Waals surface area contributed by atoms with Crippen LogP contribution < -0.4 is 11.1 Å². The normalized spacial score (nSPS) is 10.6. The van der Waals surface area contributed by atoms with Crippen LogP contribution in [0.5, 0.6) is 0 Å². The van der Waals surface area contributed by atoms with Crippen molar-refractivity contribution in [2.45, 2.75) is 20.4 Å². The smallest absolute Gasteiger partial charge is 0.261 e. The molecule has 0 aliphatic heterocycles. The molecule has 2 heterocycles. The van der Waals surface area contributed by atoms with Gasteiger partial charge in [0.2, 0.25) is 0 Å². The molecule has 0 aliphatic rings. The van der Waals surface area contributed by atoms with Gasteiger partial charge in [0.05, 0.1) is 17.6 Å². The highest BCUT2D eigenvalue weighted by Crippen LogP contribution is 2.22. The van der Waals surface area contributed by atoms with E-state index in [0.717, 1.165) is 10.4 Å². The lowest BCUT2D eigenvalue weighted by atomic mass is 10.3. The van der Waals surface area contributed by atoms with Gasteiger partial charge in [0.15, 0.2) is 0 Å². The van der Waals surface area contributed by atoms with E-state index in [0.29, 0.717) is 23.7 Å². The first kappa shape index (κ1) is 12.6. The van der Waals surface area contributed by atoms with Gasteiger partial charge in [0, 0.05) is 23.3 Å². The van der Waals surface area contributed by atoms with Crippen molar-refractivity contribution in [2.24, 2.45) is 0 Å². The van der Waals surface area contributed by atoms with E-state index in [2.05, 4.69) is 10.4 Å². The number of aryl methyl sites for hydroxylation is 2. The molecule has 0 aromatic carbocycles. The van der Waals surface area contributed by atoms with E-state index < -0.39 is 0 Å². The highest BCUT2D eigenvalue weighted by Gasteiger charge is 2.10. The summed E-state index contributed by atoms with van der Waals surface area (Å²) < 4.78 is 1.81. The molecular weight excluding hydrogens is 248 g/mol. The molecule has 0 radical (unpaired) electrons. The second-order valence-corrected chi connectivity index (χ2v) is 5.42. The van der Waals surface area contributed by atoms with Crippen LogP contribution in [0.25, 0.3) is 0 Å². The number of nitrogens with zero attached hydrogens (tertiary/aromatic N) is 2. The number of hydrogen-bond donors (Lipinski definition) is 2. The average molecular weight is 264 g/mol. The first-order chi connectivity index (χ1) is 8.56. The number of aromatic nitrogens is 2. The molecule has 0 saturated heterocycles. The van der Waals surface area contributed by atoms with Crippen LogP contribution >= 0.6 is 11.3 Å². The van der Waals surface area contributed by atoms with E-state index in [9.17, 15) is 4.79 Å². The Balaban J connectivity index is 1.85. The van der Waals surface area contributed by atoms with Crippen LogP contribution in [0.1, 0.15) is 20.1 Å². The van der Waals surface area contributed by atoms with Crippen molar-refractivity contribution in [1.29, 1.82) is 0 Å². The maximum absolute atomic E-state index is 11.8. The van der Waals surface area contributed by atoms with Crippen molar-refractivity contribution < 1.29 is 4.79 Å². The predicted octanol–water partition coefficient (Wildman–Crippen LogP) is 1.57. The summed E-state index contributed by atoms with van der Waals surface area (Å²) in [5.74, 6) is -0.0799. The van der Waals surface area contributed by atoms with Gasteiger partial charge in [0.25, 0.3) is 5.91 Å². The quantitative estimate of drug-likeness (QED) is 0.880. The molecule has 0 fully saturated rings. The van der Waals surface area contributed by atoms with Gasteiger partial charge in [-0.1, -0.05) is 0 Å². The van der Waals surface area contributed by atoms with Crippen LogP contribution in [0.3, 0.4) is 0 Å². The summed E-state index contributed by atoms with van der Waals surface area (Å²) in [4.78, 5) is 13.4. The highest BCUT2D eigenvalue weighted by atomic mass is 32.1. The minimum Gasteiger partial charge on any atom is -0.398 e. The summed E-state index contributed by atoms with van der Waals surface area (Å²) in [6.07, 6.45) is 3.74. The zero-order valence-corrected chi connectivity index (χ0v) is 11.3. The van der Waals surface area contributed by atoms with Crippen LogP contribution in [-0.2, 0) is 6.54 Å². The second-order valence-electron chi connectivity index (χ2n) is 4.16. The zero-order chi connectivity index (χ0) is 13.1. The first-order valence-corrected chi connectivity index (χ1v) is 6.51. The van der Waals surface area contributed by atoms with Crippen LogP contribution in [0, 0.1) is 13.8 Å². The molecule has 0 aliphatic carbocycles. The number of thiophene rings is 1. The van der Waals surface area contributed by atoms with Gasteiger partial charge in [-0.05, 0) is 25.5 Å². The molecule has 18 heavy (non-hydrogen) atoms. The topological polar surface area (TPSA) is 72.9 Å². The number of rotatable bonds is 4. The van der Waals surface area contributed by atoms with E-state index in [4.69, 9.17) is 5.73 Å². The molecule has 0 spiro atoms. The molecule has 0 bridgehead atoms. The van der Waals surface area contributed by atoms with Crippen LogP contribution in [0.15, 0.2) is 18.5 Å². The number of anilines is 1. The predicted molar refractivity (Wildman–Crippen MR) is 72.8 cm³/mol. The fourth-order valence-corrected chi connectivity index (χ4v) is 2.43. The Labute approximate surface area is 110 Å². The molecular formula is C12H16N4OS. The largest absolute Gasteiger partial charge is 0.398 e. The first-order valence-electron chi connectivity index (χ1n) is 5.69. The molecule has 2 aromatic rings. The minimum atomic E-state index is -0.0799. The third-order valence-corrected chi connectivity index (χ3v) is 3.63. The summed E-state index contributed by atoms with van der Waals surface area (Å²) in [5.41, 5.74) is 7.51. The molecule has 3 N–H and O–H groups in total. The Hall–Kier alpha value is -1.82. The van der Waals surface area contributed by atoms with Crippen molar-refractivity contribution >= 4 is 22.9 Å². The third kappa shape index (κ3) is 2.89. The summed E-state index contributed by atoms with van der Waals surface area (Å²) in [7, 11) is 0. The van der Waals surface area contributed by atoms with E-state index in [-0.39, 0.29) is 5.91 Å². The summed E-state index contributed by atoms with van der Waals surface area (Å²) in [6.45, 7) is 5.11. The highest BCUT2D eigenvalue weighted by molar-refractivity contribution is 7.14. The van der Waals surface area contributed by atoms with Crippen molar-refractivity contribution in [1.82, 2.24) is 15.1 Å². The third-order valence-electron chi connectivity index (χ3n) is 2.57. The molecule has 5 nitrogen and oxygen atoms in total. The van der Waals surface area contributed by atoms with Crippen molar-refractivity contribution in [3.05, 3.63) is 33.8 Å². The summed E-state index contributed by atoms with van der Waals surface area (Å²) in [5, 5.41) is 7.00. The molecule has 0 atom stereocenters. The maximum atomic E-state index is 11.8. The molecule has 2 aromatic heterocycles. The van der Waals surface area contributed by atoms with E-state index in [1.807, 2.05) is 24.7 Å². The monoisotopic (exact) mass is 264 g/mol. The Morgan fingerprint density at radius 3 is 2.89 bits per heavy atom. The molecule has 0 saturated carbocycles. The van der Waals surface area contributed by atoms with Gasteiger partial charge in [-0.2, -0.15) is 5.10 Å². The van der Waals surface area contributed by atoms with E-state index >= 15 is 0 Å². The summed E-state index contributed by atoms with van der Waals surface area (Å²) >= 11 is 1.41. The van der Waals surface area contributed by atoms with Gasteiger partial charge in [-0.15, -0.1) is 11.3 Å². The van der Waals surface area contributed by atoms with Gasteiger partial charge in [0.1, 0.15) is 0 Å². The minimum absolute atomic E-state index is 0.0799.